The van der Waals surface area contributed by atoms with E-state index < -0.39 is 0 Å². The molecule has 16 heavy (non-hydrogen) atoms. The normalized spacial score (nSPS) is 9.88. The molecule has 0 rings (SSSR count). The number of unbranched alkanes of at least 4 members (excludes halogenated alkanes) is 2. The molecule has 2 amide bonds. The Morgan fingerprint density at radius 1 is 1.00 bits per heavy atom. The van der Waals surface area contributed by atoms with Gasteiger partial charge in [-0.1, -0.05) is 0 Å². The van der Waals surface area contributed by atoms with E-state index in [-0.39, 0.29) is 30.6 Å². The highest BCUT2D eigenvalue weighted by Crippen LogP contribution is 1.92. The van der Waals surface area contributed by atoms with E-state index in [1.54, 1.807) is 0 Å². The van der Waals surface area contributed by atoms with E-state index >= 15 is 0 Å². The summed E-state index contributed by atoms with van der Waals surface area (Å²) in [5, 5.41) is 13.9. The molecule has 5 nitrogen and oxygen atoms in total. The second-order valence-corrected chi connectivity index (χ2v) is 3.71. The SMILES string of the molecule is O=C(CS)NCCCCCNC(=O)CCO. The molecule has 0 aliphatic rings. The van der Waals surface area contributed by atoms with Crippen LogP contribution < -0.4 is 10.6 Å². The molecule has 0 atom stereocenters. The molecule has 0 unspecified atom stereocenters. The lowest BCUT2D eigenvalue weighted by Gasteiger charge is -2.05. The maximum atomic E-state index is 10.9. The molecule has 3 N–H and O–H groups in total. The van der Waals surface area contributed by atoms with Crippen LogP contribution in [0.2, 0.25) is 0 Å². The lowest BCUT2D eigenvalue weighted by atomic mass is 10.2. The van der Waals surface area contributed by atoms with Gasteiger partial charge in [-0.3, -0.25) is 9.59 Å². The number of rotatable bonds is 9. The molecule has 0 aromatic heterocycles. The summed E-state index contributed by atoms with van der Waals surface area (Å²) in [5.74, 6) is 0.0440. The molecule has 0 fully saturated rings. The van der Waals surface area contributed by atoms with Crippen molar-refractivity contribution in [3.63, 3.8) is 0 Å². The Morgan fingerprint density at radius 3 is 2.06 bits per heavy atom. The minimum atomic E-state index is -0.120. The minimum absolute atomic E-state index is 0.0559. The number of hydrogen-bond donors (Lipinski definition) is 4. The van der Waals surface area contributed by atoms with Gasteiger partial charge in [-0.25, -0.2) is 0 Å². The predicted molar refractivity (Wildman–Crippen MR) is 65.4 cm³/mol. The second-order valence-electron chi connectivity index (χ2n) is 3.39. The highest BCUT2D eigenvalue weighted by atomic mass is 32.1. The number of thiol groups is 1. The van der Waals surface area contributed by atoms with Gasteiger partial charge in [-0.2, -0.15) is 12.6 Å². The zero-order chi connectivity index (χ0) is 12.2. The summed E-state index contributed by atoms with van der Waals surface area (Å²) in [4.78, 5) is 21.7. The fourth-order valence-electron chi connectivity index (χ4n) is 1.13. The molecule has 0 aromatic carbocycles. The van der Waals surface area contributed by atoms with Crippen molar-refractivity contribution in [3.8, 4) is 0 Å². The van der Waals surface area contributed by atoms with Crippen LogP contribution in [-0.2, 0) is 9.59 Å². The van der Waals surface area contributed by atoms with Crippen LogP contribution in [-0.4, -0.2) is 42.4 Å². The summed E-state index contributed by atoms with van der Waals surface area (Å²) >= 11 is 3.84. The summed E-state index contributed by atoms with van der Waals surface area (Å²) in [7, 11) is 0. The molecular weight excluding hydrogens is 228 g/mol. The minimum Gasteiger partial charge on any atom is -0.396 e. The molecule has 0 aliphatic heterocycles. The average Bonchev–Trinajstić information content (AvgIpc) is 2.27. The van der Waals surface area contributed by atoms with Crippen LogP contribution in [0, 0.1) is 0 Å². The van der Waals surface area contributed by atoms with Gasteiger partial charge in [0.2, 0.25) is 11.8 Å². The van der Waals surface area contributed by atoms with Crippen LogP contribution in [0.25, 0.3) is 0 Å². The molecular formula is C10H20N2O3S. The van der Waals surface area contributed by atoms with Crippen molar-refractivity contribution in [2.45, 2.75) is 25.7 Å². The lowest BCUT2D eigenvalue weighted by molar-refractivity contribution is -0.121. The van der Waals surface area contributed by atoms with E-state index in [2.05, 4.69) is 23.3 Å². The third-order valence-electron chi connectivity index (χ3n) is 1.98. The molecule has 0 bridgehead atoms. The van der Waals surface area contributed by atoms with Gasteiger partial charge in [0.1, 0.15) is 0 Å². The molecule has 0 saturated carbocycles. The molecule has 0 spiro atoms. The Balaban J connectivity index is 3.15. The van der Waals surface area contributed by atoms with Crippen molar-refractivity contribution in [1.29, 1.82) is 0 Å². The van der Waals surface area contributed by atoms with Crippen molar-refractivity contribution in [1.82, 2.24) is 10.6 Å². The van der Waals surface area contributed by atoms with Gasteiger partial charge in [0.05, 0.1) is 12.4 Å². The van der Waals surface area contributed by atoms with Crippen LogP contribution in [0.1, 0.15) is 25.7 Å². The number of aliphatic hydroxyl groups excluding tert-OH is 1. The first-order chi connectivity index (χ1) is 7.70. The van der Waals surface area contributed by atoms with E-state index in [1.807, 2.05) is 0 Å². The fraction of sp³-hybridized carbons (Fsp3) is 0.800. The summed E-state index contributed by atoms with van der Waals surface area (Å²) in [6.45, 7) is 1.17. The first kappa shape index (κ1) is 15.2. The van der Waals surface area contributed by atoms with E-state index in [4.69, 9.17) is 5.11 Å². The number of nitrogens with one attached hydrogen (secondary N) is 2. The topological polar surface area (TPSA) is 78.4 Å². The fourth-order valence-corrected chi connectivity index (χ4v) is 1.24. The largest absolute Gasteiger partial charge is 0.396 e. The molecule has 0 radical (unpaired) electrons. The lowest BCUT2D eigenvalue weighted by Crippen LogP contribution is -2.26. The predicted octanol–water partition coefficient (Wildman–Crippen LogP) is -0.299. The van der Waals surface area contributed by atoms with Crippen LogP contribution in [0.15, 0.2) is 0 Å². The molecule has 0 saturated heterocycles. The standard InChI is InChI=1S/C10H20N2O3S/c13-7-4-9(14)11-5-2-1-3-6-12-10(15)8-16/h13,16H,1-8H2,(H,11,14)(H,12,15). The maximum absolute atomic E-state index is 10.9. The Kier molecular flexibility index (Phi) is 10.3. The molecule has 6 heteroatoms. The smallest absolute Gasteiger partial charge is 0.229 e. The molecule has 0 aromatic rings. The van der Waals surface area contributed by atoms with Crippen molar-refractivity contribution in [3.05, 3.63) is 0 Å². The number of hydrogen-bond acceptors (Lipinski definition) is 4. The highest BCUT2D eigenvalue weighted by molar-refractivity contribution is 7.81. The van der Waals surface area contributed by atoms with Gasteiger partial charge in [0, 0.05) is 19.5 Å². The van der Waals surface area contributed by atoms with Crippen molar-refractivity contribution in [2.75, 3.05) is 25.4 Å². The van der Waals surface area contributed by atoms with Crippen molar-refractivity contribution in [2.24, 2.45) is 0 Å². The first-order valence-electron chi connectivity index (χ1n) is 5.45. The Morgan fingerprint density at radius 2 is 1.56 bits per heavy atom. The van der Waals surface area contributed by atoms with Gasteiger partial charge >= 0.3 is 0 Å². The second kappa shape index (κ2) is 10.8. The first-order valence-corrected chi connectivity index (χ1v) is 6.09. The summed E-state index contributed by atoms with van der Waals surface area (Å²) in [6, 6.07) is 0. The summed E-state index contributed by atoms with van der Waals surface area (Å²) < 4.78 is 0. The Bertz CT molecular complexity index is 212. The van der Waals surface area contributed by atoms with E-state index in [1.165, 1.54) is 0 Å². The zero-order valence-electron chi connectivity index (χ0n) is 9.37. The number of carbonyl (C=O) groups excluding carboxylic acids is 2. The monoisotopic (exact) mass is 248 g/mol. The van der Waals surface area contributed by atoms with Gasteiger partial charge in [0.25, 0.3) is 0 Å². The third-order valence-corrected chi connectivity index (χ3v) is 2.27. The molecule has 94 valence electrons. The summed E-state index contributed by atoms with van der Waals surface area (Å²) in [5.41, 5.74) is 0. The van der Waals surface area contributed by atoms with Gasteiger partial charge < -0.3 is 15.7 Å². The van der Waals surface area contributed by atoms with Crippen molar-refractivity contribution >= 4 is 24.4 Å². The van der Waals surface area contributed by atoms with E-state index in [0.717, 1.165) is 19.3 Å². The van der Waals surface area contributed by atoms with Crippen LogP contribution in [0.5, 0.6) is 0 Å². The Labute approximate surface area is 101 Å². The van der Waals surface area contributed by atoms with Crippen molar-refractivity contribution < 1.29 is 14.7 Å². The number of amides is 2. The van der Waals surface area contributed by atoms with Gasteiger partial charge in [-0.15, -0.1) is 0 Å². The zero-order valence-corrected chi connectivity index (χ0v) is 10.3. The summed E-state index contributed by atoms with van der Waals surface area (Å²) in [6.07, 6.45) is 2.90. The maximum Gasteiger partial charge on any atom is 0.229 e. The van der Waals surface area contributed by atoms with Crippen LogP contribution in [0.4, 0.5) is 0 Å². The van der Waals surface area contributed by atoms with Crippen LogP contribution >= 0.6 is 12.6 Å². The van der Waals surface area contributed by atoms with E-state index in [0.29, 0.717) is 13.1 Å². The number of carbonyl (C=O) groups is 2. The average molecular weight is 248 g/mol. The molecule has 0 heterocycles. The quantitative estimate of drug-likeness (QED) is 0.334. The van der Waals surface area contributed by atoms with Crippen LogP contribution in [0.3, 0.4) is 0 Å². The number of aliphatic hydroxyl groups is 1. The van der Waals surface area contributed by atoms with E-state index in [9.17, 15) is 9.59 Å². The van der Waals surface area contributed by atoms with Gasteiger partial charge in [0.15, 0.2) is 0 Å². The third kappa shape index (κ3) is 9.79. The highest BCUT2D eigenvalue weighted by Gasteiger charge is 1.98. The Hall–Kier alpha value is -0.750. The molecule has 0 aliphatic carbocycles. The van der Waals surface area contributed by atoms with Gasteiger partial charge in [-0.05, 0) is 19.3 Å².